The minimum absolute atomic E-state index is 0.0891. The third-order valence-corrected chi connectivity index (χ3v) is 1.34. The maximum Gasteiger partial charge on any atom is 0.404 e. The van der Waals surface area contributed by atoms with Gasteiger partial charge < -0.3 is 20.9 Å². The lowest BCUT2D eigenvalue weighted by Gasteiger charge is -2.04. The number of hydrogen-bond acceptors (Lipinski definition) is 5. The molecule has 0 spiro atoms. The van der Waals surface area contributed by atoms with Crippen LogP contribution in [0.4, 0.5) is 10.5 Å². The van der Waals surface area contributed by atoms with Gasteiger partial charge in [0.15, 0.2) is 0 Å². The van der Waals surface area contributed by atoms with Crippen molar-refractivity contribution in [1.82, 2.24) is 4.98 Å². The van der Waals surface area contributed by atoms with Crippen LogP contribution < -0.4 is 16.2 Å². The van der Waals surface area contributed by atoms with Gasteiger partial charge in [0, 0.05) is 18.0 Å². The first-order valence-electron chi connectivity index (χ1n) is 3.95. The van der Waals surface area contributed by atoms with Crippen LogP contribution in [0.5, 0.6) is 5.88 Å². The van der Waals surface area contributed by atoms with Crippen molar-refractivity contribution in [2.45, 2.75) is 0 Å². The van der Waals surface area contributed by atoms with E-state index in [2.05, 4.69) is 9.72 Å². The van der Waals surface area contributed by atoms with Gasteiger partial charge in [-0.05, 0) is 6.07 Å². The number of hydrogen-bond donors (Lipinski definition) is 2. The highest BCUT2D eigenvalue weighted by atomic mass is 16.6. The Morgan fingerprint density at radius 2 is 2.29 bits per heavy atom. The van der Waals surface area contributed by atoms with Gasteiger partial charge in [-0.2, -0.15) is 0 Å². The highest BCUT2D eigenvalue weighted by molar-refractivity contribution is 5.64. The van der Waals surface area contributed by atoms with Gasteiger partial charge in [-0.1, -0.05) is 0 Å². The lowest BCUT2D eigenvalue weighted by molar-refractivity contribution is 0.132. The fraction of sp³-hybridized carbons (Fsp3) is 0.250. The zero-order chi connectivity index (χ0) is 10.4. The van der Waals surface area contributed by atoms with Crippen molar-refractivity contribution in [3.8, 4) is 5.88 Å². The van der Waals surface area contributed by atoms with Crippen molar-refractivity contribution >= 4 is 11.8 Å². The maximum absolute atomic E-state index is 10.2. The number of ether oxygens (including phenoxy) is 2. The molecule has 4 N–H and O–H groups in total. The van der Waals surface area contributed by atoms with Crippen LogP contribution in [0.1, 0.15) is 0 Å². The van der Waals surface area contributed by atoms with E-state index in [0.29, 0.717) is 11.6 Å². The molecule has 1 aromatic rings. The maximum atomic E-state index is 10.2. The average Bonchev–Trinajstić information content (AvgIpc) is 2.12. The number of carbonyl (C=O) groups is 1. The molecule has 0 saturated carbocycles. The molecule has 0 aliphatic rings. The predicted molar refractivity (Wildman–Crippen MR) is 49.7 cm³/mol. The Bertz CT molecular complexity index is 316. The monoisotopic (exact) mass is 197 g/mol. The number of primary amides is 1. The summed E-state index contributed by atoms with van der Waals surface area (Å²) in [6.07, 6.45) is 0.703. The normalized spacial score (nSPS) is 9.43. The molecule has 1 rings (SSSR count). The molecule has 0 radical (unpaired) electrons. The van der Waals surface area contributed by atoms with E-state index in [9.17, 15) is 4.79 Å². The van der Waals surface area contributed by atoms with Crippen LogP contribution >= 0.6 is 0 Å². The molecule has 14 heavy (non-hydrogen) atoms. The van der Waals surface area contributed by atoms with E-state index in [4.69, 9.17) is 16.2 Å². The van der Waals surface area contributed by atoms with E-state index >= 15 is 0 Å². The molecule has 6 nitrogen and oxygen atoms in total. The summed E-state index contributed by atoms with van der Waals surface area (Å²) in [6.45, 7) is 0.283. The lowest BCUT2D eigenvalue weighted by atomic mass is 10.4. The number of nitrogens with two attached hydrogens (primary N) is 2. The summed E-state index contributed by atoms with van der Waals surface area (Å²) in [5.41, 5.74) is 10.8. The molecular weight excluding hydrogens is 186 g/mol. The number of rotatable bonds is 4. The number of carbonyl (C=O) groups excluding carboxylic acids is 1. The van der Waals surface area contributed by atoms with Gasteiger partial charge >= 0.3 is 6.09 Å². The van der Waals surface area contributed by atoms with Gasteiger partial charge in [0.2, 0.25) is 5.88 Å². The summed E-state index contributed by atoms with van der Waals surface area (Å²) in [4.78, 5) is 14.1. The number of nitrogens with zero attached hydrogens (tertiary/aromatic N) is 1. The number of anilines is 1. The molecule has 0 unspecified atom stereocenters. The zero-order valence-electron chi connectivity index (χ0n) is 7.47. The van der Waals surface area contributed by atoms with Gasteiger partial charge in [0.25, 0.3) is 0 Å². The van der Waals surface area contributed by atoms with Crippen molar-refractivity contribution in [3.63, 3.8) is 0 Å². The second kappa shape index (κ2) is 4.90. The highest BCUT2D eigenvalue weighted by Gasteiger charge is 1.97. The first kappa shape index (κ1) is 10.1. The van der Waals surface area contributed by atoms with Crippen molar-refractivity contribution < 1.29 is 14.3 Å². The van der Waals surface area contributed by atoms with Crippen LogP contribution in [0.25, 0.3) is 0 Å². The van der Waals surface area contributed by atoms with E-state index < -0.39 is 6.09 Å². The quantitative estimate of drug-likeness (QED) is 0.668. The Morgan fingerprint density at radius 1 is 1.50 bits per heavy atom. The van der Waals surface area contributed by atoms with Gasteiger partial charge in [0.05, 0.1) is 0 Å². The molecule has 0 aliphatic carbocycles. The average molecular weight is 197 g/mol. The lowest BCUT2D eigenvalue weighted by Crippen LogP contribution is -2.17. The van der Waals surface area contributed by atoms with E-state index in [1.807, 2.05) is 0 Å². The zero-order valence-corrected chi connectivity index (χ0v) is 7.47. The second-order valence-corrected chi connectivity index (χ2v) is 2.44. The number of pyridine rings is 1. The molecular formula is C8H11N3O3. The summed E-state index contributed by atoms with van der Waals surface area (Å²) < 4.78 is 9.56. The van der Waals surface area contributed by atoms with Crippen LogP contribution in [0.2, 0.25) is 0 Å². The Balaban J connectivity index is 2.28. The Hall–Kier alpha value is -1.98. The first-order valence-corrected chi connectivity index (χ1v) is 3.95. The minimum atomic E-state index is -0.825. The molecule has 76 valence electrons. The van der Waals surface area contributed by atoms with Crippen molar-refractivity contribution in [1.29, 1.82) is 0 Å². The molecule has 0 fully saturated rings. The second-order valence-electron chi connectivity index (χ2n) is 2.44. The fourth-order valence-corrected chi connectivity index (χ4v) is 0.792. The van der Waals surface area contributed by atoms with Crippen LogP contribution in [0, 0.1) is 0 Å². The predicted octanol–water partition coefficient (Wildman–Crippen LogP) is 0.138. The van der Waals surface area contributed by atoms with Crippen LogP contribution in [-0.2, 0) is 4.74 Å². The van der Waals surface area contributed by atoms with E-state index in [1.54, 1.807) is 12.1 Å². The summed E-state index contributed by atoms with van der Waals surface area (Å²) >= 11 is 0. The highest BCUT2D eigenvalue weighted by Crippen LogP contribution is 2.09. The SMILES string of the molecule is NC(=O)OCCOc1cc(N)ccn1. The van der Waals surface area contributed by atoms with E-state index in [0.717, 1.165) is 0 Å². The summed E-state index contributed by atoms with van der Waals surface area (Å²) in [7, 11) is 0. The molecule has 1 aromatic heterocycles. The van der Waals surface area contributed by atoms with Gasteiger partial charge in [0.1, 0.15) is 13.2 Å². The van der Waals surface area contributed by atoms with Crippen LogP contribution in [0.3, 0.4) is 0 Å². The molecule has 0 aliphatic heterocycles. The molecule has 1 amide bonds. The summed E-state index contributed by atoms with van der Waals surface area (Å²) in [5.74, 6) is 0.387. The summed E-state index contributed by atoms with van der Waals surface area (Å²) in [6, 6.07) is 3.22. The van der Waals surface area contributed by atoms with Gasteiger partial charge in [-0.25, -0.2) is 9.78 Å². The smallest absolute Gasteiger partial charge is 0.404 e. The molecule has 0 saturated heterocycles. The minimum Gasteiger partial charge on any atom is -0.474 e. The Morgan fingerprint density at radius 3 is 2.93 bits per heavy atom. The van der Waals surface area contributed by atoms with Crippen LogP contribution in [-0.4, -0.2) is 24.3 Å². The number of amides is 1. The molecule has 0 bridgehead atoms. The molecule has 1 heterocycles. The molecule has 6 heteroatoms. The van der Waals surface area contributed by atoms with Crippen molar-refractivity contribution in [2.75, 3.05) is 18.9 Å². The van der Waals surface area contributed by atoms with E-state index in [1.165, 1.54) is 6.20 Å². The van der Waals surface area contributed by atoms with Gasteiger partial charge in [-0.15, -0.1) is 0 Å². The largest absolute Gasteiger partial charge is 0.474 e. The first-order chi connectivity index (χ1) is 6.68. The van der Waals surface area contributed by atoms with Crippen molar-refractivity contribution in [2.24, 2.45) is 5.73 Å². The fourth-order valence-electron chi connectivity index (χ4n) is 0.792. The van der Waals surface area contributed by atoms with Crippen LogP contribution in [0.15, 0.2) is 18.3 Å². The molecule has 0 aromatic carbocycles. The third-order valence-electron chi connectivity index (χ3n) is 1.34. The van der Waals surface area contributed by atoms with Gasteiger partial charge in [-0.3, -0.25) is 0 Å². The Kier molecular flexibility index (Phi) is 3.54. The number of aromatic nitrogens is 1. The van der Waals surface area contributed by atoms with E-state index in [-0.39, 0.29) is 13.2 Å². The topological polar surface area (TPSA) is 100 Å². The molecule has 0 atom stereocenters. The summed E-state index contributed by atoms with van der Waals surface area (Å²) in [5, 5.41) is 0. The number of nitrogen functional groups attached to an aromatic ring is 1. The standard InChI is InChI=1S/C8H11N3O3/c9-6-1-2-11-7(5-6)13-3-4-14-8(10)12/h1-2,5H,3-4H2,(H2,9,11)(H2,10,12). The third kappa shape index (κ3) is 3.61. The van der Waals surface area contributed by atoms with Crippen molar-refractivity contribution in [3.05, 3.63) is 18.3 Å². The Labute approximate surface area is 80.8 Å².